The zero-order valence-corrected chi connectivity index (χ0v) is 24.9. The number of rotatable bonds is 11. The SMILES string of the molecule is CC.CC/C=C\CCCC(CC)c1ccc(/C=C/C2CC2)cc1.CCO.COCc1ccccc1.NC=O. The Labute approximate surface area is 234 Å². The molecule has 38 heavy (non-hydrogen) atoms. The number of allylic oxidation sites excluding steroid dienone is 3. The highest BCUT2D eigenvalue weighted by molar-refractivity contribution is 5.50. The summed E-state index contributed by atoms with van der Waals surface area (Å²) in [5, 5.41) is 7.57. The Bertz CT molecular complexity index is 796. The van der Waals surface area contributed by atoms with Crippen LogP contribution in [0, 0.1) is 5.92 Å². The molecule has 0 spiro atoms. The highest BCUT2D eigenvalue weighted by Gasteiger charge is 2.16. The van der Waals surface area contributed by atoms with Gasteiger partial charge >= 0.3 is 0 Å². The molecule has 4 nitrogen and oxygen atoms in total. The van der Waals surface area contributed by atoms with Gasteiger partial charge in [-0.2, -0.15) is 0 Å². The van der Waals surface area contributed by atoms with Crippen LogP contribution < -0.4 is 5.73 Å². The van der Waals surface area contributed by atoms with Crippen molar-refractivity contribution in [1.82, 2.24) is 0 Å². The highest BCUT2D eigenvalue weighted by atomic mass is 16.5. The summed E-state index contributed by atoms with van der Waals surface area (Å²) in [5.41, 5.74) is 8.26. The van der Waals surface area contributed by atoms with E-state index in [2.05, 4.69) is 68.2 Å². The van der Waals surface area contributed by atoms with E-state index in [0.717, 1.165) is 18.3 Å². The Balaban J connectivity index is 0. The van der Waals surface area contributed by atoms with E-state index in [1.165, 1.54) is 55.2 Å². The maximum Gasteiger partial charge on any atom is 0.204 e. The fourth-order valence-corrected chi connectivity index (χ4v) is 3.53. The second-order valence-electron chi connectivity index (χ2n) is 8.65. The average molecular weight is 526 g/mol. The Hall–Kier alpha value is -2.69. The second-order valence-corrected chi connectivity index (χ2v) is 8.65. The normalized spacial score (nSPS) is 12.5. The van der Waals surface area contributed by atoms with Gasteiger partial charge in [-0.1, -0.05) is 107 Å². The molecule has 2 aromatic rings. The van der Waals surface area contributed by atoms with E-state index in [1.807, 2.05) is 44.2 Å². The van der Waals surface area contributed by atoms with Gasteiger partial charge < -0.3 is 15.6 Å². The summed E-state index contributed by atoms with van der Waals surface area (Å²) in [6.07, 6.45) is 18.5. The van der Waals surface area contributed by atoms with Crippen LogP contribution in [0.5, 0.6) is 0 Å². The van der Waals surface area contributed by atoms with Crippen LogP contribution in [-0.4, -0.2) is 25.2 Å². The maximum absolute atomic E-state index is 8.58. The molecule has 0 bridgehead atoms. The average Bonchev–Trinajstić information content (AvgIpc) is 3.78. The lowest BCUT2D eigenvalue weighted by Gasteiger charge is -2.15. The van der Waals surface area contributed by atoms with E-state index >= 15 is 0 Å². The first kappa shape index (κ1) is 37.5. The predicted octanol–water partition coefficient (Wildman–Crippen LogP) is 8.70. The molecule has 0 aromatic heterocycles. The van der Waals surface area contributed by atoms with Gasteiger partial charge in [-0.05, 0) is 80.4 Å². The van der Waals surface area contributed by atoms with Crippen molar-refractivity contribution in [3.8, 4) is 0 Å². The third kappa shape index (κ3) is 22.5. The molecule has 0 radical (unpaired) electrons. The third-order valence-electron chi connectivity index (χ3n) is 5.56. The minimum Gasteiger partial charge on any atom is -0.397 e. The van der Waals surface area contributed by atoms with Crippen molar-refractivity contribution < 1.29 is 14.6 Å². The number of amides is 1. The lowest BCUT2D eigenvalue weighted by molar-refractivity contribution is -0.106. The van der Waals surface area contributed by atoms with Gasteiger partial charge in [-0.25, -0.2) is 0 Å². The molecule has 214 valence electrons. The van der Waals surface area contributed by atoms with E-state index in [4.69, 9.17) is 14.6 Å². The van der Waals surface area contributed by atoms with Gasteiger partial charge in [0.2, 0.25) is 6.41 Å². The smallest absolute Gasteiger partial charge is 0.204 e. The Kier molecular flexibility index (Phi) is 28.5. The van der Waals surface area contributed by atoms with Gasteiger partial charge in [0.25, 0.3) is 0 Å². The molecule has 1 aliphatic rings. The molecular weight excluding hydrogens is 470 g/mol. The highest BCUT2D eigenvalue weighted by Crippen LogP contribution is 2.31. The van der Waals surface area contributed by atoms with Crippen LogP contribution in [0.4, 0.5) is 0 Å². The molecule has 0 aliphatic heterocycles. The molecule has 1 fully saturated rings. The molecule has 3 rings (SSSR count). The summed E-state index contributed by atoms with van der Waals surface area (Å²) in [4.78, 5) is 8.58. The van der Waals surface area contributed by atoms with Crippen molar-refractivity contribution in [2.45, 2.75) is 92.1 Å². The molecule has 4 heteroatoms. The summed E-state index contributed by atoms with van der Waals surface area (Å²) in [6, 6.07) is 19.3. The first-order valence-corrected chi connectivity index (χ1v) is 14.3. The number of unbranched alkanes of at least 4 members (excludes halogenated alkanes) is 1. The topological polar surface area (TPSA) is 72.6 Å². The van der Waals surface area contributed by atoms with Crippen LogP contribution in [-0.2, 0) is 16.1 Å². The summed E-state index contributed by atoms with van der Waals surface area (Å²) < 4.78 is 4.93. The number of aliphatic hydroxyl groups is 1. The van der Waals surface area contributed by atoms with Gasteiger partial charge in [0, 0.05) is 13.7 Å². The van der Waals surface area contributed by atoms with Crippen LogP contribution in [0.1, 0.15) is 102 Å². The van der Waals surface area contributed by atoms with Crippen LogP contribution >= 0.6 is 0 Å². The number of primary amides is 1. The zero-order chi connectivity index (χ0) is 28.9. The minimum absolute atomic E-state index is 0.250. The van der Waals surface area contributed by atoms with Crippen molar-refractivity contribution in [3.63, 3.8) is 0 Å². The van der Waals surface area contributed by atoms with E-state index in [-0.39, 0.29) is 13.0 Å². The molecule has 2 aromatic carbocycles. The van der Waals surface area contributed by atoms with E-state index in [0.29, 0.717) is 6.61 Å². The van der Waals surface area contributed by atoms with Gasteiger partial charge in [-0.3, -0.25) is 4.79 Å². The van der Waals surface area contributed by atoms with Crippen molar-refractivity contribution in [2.24, 2.45) is 11.7 Å². The number of aliphatic hydroxyl groups excluding tert-OH is 1. The molecular formula is C34H55NO3. The Morgan fingerprint density at radius 2 is 1.58 bits per heavy atom. The van der Waals surface area contributed by atoms with Crippen molar-refractivity contribution in [3.05, 3.63) is 89.5 Å². The second kappa shape index (κ2) is 28.9. The number of methoxy groups -OCH3 is 1. The van der Waals surface area contributed by atoms with E-state index in [9.17, 15) is 0 Å². The lowest BCUT2D eigenvalue weighted by Crippen LogP contribution is -1.97. The van der Waals surface area contributed by atoms with Crippen molar-refractivity contribution >= 4 is 12.5 Å². The number of carbonyl (C=O) groups excluding carboxylic acids is 1. The van der Waals surface area contributed by atoms with Crippen LogP contribution in [0.2, 0.25) is 0 Å². The largest absolute Gasteiger partial charge is 0.397 e. The fourth-order valence-electron chi connectivity index (χ4n) is 3.53. The van der Waals surface area contributed by atoms with Crippen molar-refractivity contribution in [1.29, 1.82) is 0 Å². The first-order chi connectivity index (χ1) is 18.6. The number of hydrogen-bond donors (Lipinski definition) is 2. The van der Waals surface area contributed by atoms with Crippen molar-refractivity contribution in [2.75, 3.05) is 13.7 Å². The summed E-state index contributed by atoms with van der Waals surface area (Å²) in [6.45, 7) is 11.2. The van der Waals surface area contributed by atoms with Crippen LogP contribution in [0.15, 0.2) is 72.8 Å². The monoisotopic (exact) mass is 525 g/mol. The van der Waals surface area contributed by atoms with E-state index < -0.39 is 0 Å². The Morgan fingerprint density at radius 1 is 1.00 bits per heavy atom. The number of ether oxygens (including phenoxy) is 1. The molecule has 1 saturated carbocycles. The van der Waals surface area contributed by atoms with Gasteiger partial charge in [-0.15, -0.1) is 0 Å². The number of hydrogen-bond acceptors (Lipinski definition) is 3. The van der Waals surface area contributed by atoms with Gasteiger partial charge in [0.15, 0.2) is 0 Å². The molecule has 1 aliphatic carbocycles. The van der Waals surface area contributed by atoms with Crippen LogP contribution in [0.3, 0.4) is 0 Å². The number of nitrogens with two attached hydrogens (primary N) is 1. The zero-order valence-electron chi connectivity index (χ0n) is 24.9. The fraction of sp³-hybridized carbons (Fsp3) is 0.500. The van der Waals surface area contributed by atoms with Gasteiger partial charge in [0.05, 0.1) is 6.61 Å². The summed E-state index contributed by atoms with van der Waals surface area (Å²) >= 11 is 0. The molecule has 0 heterocycles. The number of carbonyl (C=O) groups is 1. The quantitative estimate of drug-likeness (QED) is 0.175. The molecule has 1 atom stereocenters. The third-order valence-corrected chi connectivity index (χ3v) is 5.56. The van der Waals surface area contributed by atoms with Gasteiger partial charge in [0.1, 0.15) is 0 Å². The van der Waals surface area contributed by atoms with E-state index in [1.54, 1.807) is 14.0 Å². The van der Waals surface area contributed by atoms with Crippen LogP contribution in [0.25, 0.3) is 6.08 Å². The molecule has 1 amide bonds. The molecule has 3 N–H and O–H groups in total. The maximum atomic E-state index is 8.58. The standard InChI is InChI=1S/C21H30.C8H10O.C2H6O.C2H6.CH3NO/c1-3-5-6-7-8-9-20(4-2)21-16-14-19(15-17-21)13-12-18-10-11-18;1-9-7-8-5-3-2-4-6-8;1-2-3;1-2;2-1-3/h5-6,12-18,20H,3-4,7-11H2,1-2H3;2-6H,7H2,1H3;3H,2H2,1H3;1-2H3;1H,(H2,2,3)/b6-5-,13-12+;;;;. The minimum atomic E-state index is 0.250. The molecule has 0 saturated heterocycles. The lowest BCUT2D eigenvalue weighted by atomic mass is 9.90. The Morgan fingerprint density at radius 3 is 2.05 bits per heavy atom. The summed E-state index contributed by atoms with van der Waals surface area (Å²) in [7, 11) is 1.70. The summed E-state index contributed by atoms with van der Waals surface area (Å²) in [5.74, 6) is 1.59. The first-order valence-electron chi connectivity index (χ1n) is 14.3. The predicted molar refractivity (Wildman–Crippen MR) is 166 cm³/mol. The molecule has 1 unspecified atom stereocenters. The number of benzene rings is 2.